The fourth-order valence-corrected chi connectivity index (χ4v) is 2.78. The number of nitrogens with one attached hydrogen (secondary N) is 1. The first kappa shape index (κ1) is 17.8. The lowest BCUT2D eigenvalue weighted by Crippen LogP contribution is -2.26. The zero-order chi connectivity index (χ0) is 19.5. The van der Waals surface area contributed by atoms with Crippen molar-refractivity contribution < 1.29 is 4.79 Å². The number of benzene rings is 1. The van der Waals surface area contributed by atoms with Crippen LogP contribution >= 0.6 is 0 Å². The van der Waals surface area contributed by atoms with Gasteiger partial charge in [0, 0.05) is 30.3 Å². The standard InChI is InChI=1S/C19H20N8O/c1-13(2)27-24-18(23-25-27)14-6-8-15(9-7-14)19(28)20-11-10-17-22-21-16-5-3-4-12-26(16)17/h3-9,12-13H,10-11H2,1-2H3,(H,20,28). The topological polar surface area (TPSA) is 103 Å². The summed E-state index contributed by atoms with van der Waals surface area (Å²) in [5, 5.41) is 23.6. The molecule has 9 nitrogen and oxygen atoms in total. The van der Waals surface area contributed by atoms with E-state index in [4.69, 9.17) is 0 Å². The SMILES string of the molecule is CC(C)n1nnc(-c2ccc(C(=O)NCCc3nnc4ccccn34)cc2)n1. The molecule has 0 fully saturated rings. The Labute approximate surface area is 161 Å². The Bertz CT molecular complexity index is 1100. The summed E-state index contributed by atoms with van der Waals surface area (Å²) in [6, 6.07) is 13.0. The minimum Gasteiger partial charge on any atom is -0.352 e. The van der Waals surface area contributed by atoms with E-state index in [1.165, 1.54) is 0 Å². The fourth-order valence-electron chi connectivity index (χ4n) is 2.78. The van der Waals surface area contributed by atoms with Crippen molar-refractivity contribution in [2.45, 2.75) is 26.3 Å². The predicted molar refractivity (Wildman–Crippen MR) is 103 cm³/mol. The third-order valence-corrected chi connectivity index (χ3v) is 4.31. The Morgan fingerprint density at radius 3 is 2.64 bits per heavy atom. The van der Waals surface area contributed by atoms with Crippen LogP contribution in [0.2, 0.25) is 0 Å². The highest BCUT2D eigenvalue weighted by atomic mass is 16.1. The van der Waals surface area contributed by atoms with Crippen LogP contribution in [0.4, 0.5) is 0 Å². The molecular formula is C19H20N8O. The van der Waals surface area contributed by atoms with Gasteiger partial charge in [-0.15, -0.1) is 20.4 Å². The summed E-state index contributed by atoms with van der Waals surface area (Å²) >= 11 is 0. The molecule has 4 aromatic rings. The molecule has 0 aliphatic carbocycles. The number of rotatable bonds is 6. The number of pyridine rings is 1. The lowest BCUT2D eigenvalue weighted by Gasteiger charge is -2.05. The van der Waals surface area contributed by atoms with Crippen molar-refractivity contribution in [1.82, 2.24) is 40.1 Å². The van der Waals surface area contributed by atoms with Gasteiger partial charge in [0.2, 0.25) is 5.82 Å². The monoisotopic (exact) mass is 376 g/mol. The highest BCUT2D eigenvalue weighted by Gasteiger charge is 2.11. The summed E-state index contributed by atoms with van der Waals surface area (Å²) in [7, 11) is 0. The molecule has 4 rings (SSSR count). The van der Waals surface area contributed by atoms with E-state index in [-0.39, 0.29) is 11.9 Å². The van der Waals surface area contributed by atoms with Crippen LogP contribution in [0.5, 0.6) is 0 Å². The van der Waals surface area contributed by atoms with E-state index in [9.17, 15) is 4.79 Å². The van der Waals surface area contributed by atoms with Gasteiger partial charge in [-0.1, -0.05) is 18.2 Å². The van der Waals surface area contributed by atoms with Gasteiger partial charge in [0.25, 0.3) is 5.91 Å². The summed E-state index contributed by atoms with van der Waals surface area (Å²) in [5.74, 6) is 1.21. The fraction of sp³-hybridized carbons (Fsp3) is 0.263. The second-order valence-electron chi connectivity index (χ2n) is 6.66. The molecule has 1 aromatic carbocycles. The number of tetrazole rings is 1. The molecule has 0 radical (unpaired) electrons. The van der Waals surface area contributed by atoms with E-state index in [0.29, 0.717) is 24.4 Å². The second-order valence-corrected chi connectivity index (χ2v) is 6.66. The molecule has 0 unspecified atom stereocenters. The van der Waals surface area contributed by atoms with E-state index in [1.54, 1.807) is 16.9 Å². The molecule has 0 atom stereocenters. The van der Waals surface area contributed by atoms with Gasteiger partial charge in [0.15, 0.2) is 5.65 Å². The van der Waals surface area contributed by atoms with Crippen molar-refractivity contribution in [2.75, 3.05) is 6.54 Å². The molecule has 3 heterocycles. The van der Waals surface area contributed by atoms with Gasteiger partial charge in [-0.2, -0.15) is 4.80 Å². The largest absolute Gasteiger partial charge is 0.352 e. The van der Waals surface area contributed by atoms with Crippen molar-refractivity contribution in [3.05, 3.63) is 60.0 Å². The maximum absolute atomic E-state index is 12.4. The maximum atomic E-state index is 12.4. The van der Waals surface area contributed by atoms with E-state index < -0.39 is 0 Å². The summed E-state index contributed by atoms with van der Waals surface area (Å²) in [6.45, 7) is 4.45. The average molecular weight is 376 g/mol. The molecule has 0 spiro atoms. The van der Waals surface area contributed by atoms with Crippen LogP contribution in [0, 0.1) is 0 Å². The molecule has 0 aliphatic rings. The van der Waals surface area contributed by atoms with Crippen molar-refractivity contribution >= 4 is 11.6 Å². The van der Waals surface area contributed by atoms with Gasteiger partial charge >= 0.3 is 0 Å². The molecule has 28 heavy (non-hydrogen) atoms. The number of carbonyl (C=O) groups is 1. The van der Waals surface area contributed by atoms with Crippen LogP contribution in [0.3, 0.4) is 0 Å². The quantitative estimate of drug-likeness (QED) is 0.552. The summed E-state index contributed by atoms with van der Waals surface area (Å²) < 4.78 is 1.91. The Kier molecular flexibility index (Phi) is 4.79. The Hall–Kier alpha value is -3.62. The zero-order valence-corrected chi connectivity index (χ0v) is 15.6. The van der Waals surface area contributed by atoms with Crippen LogP contribution in [-0.2, 0) is 6.42 Å². The normalized spacial score (nSPS) is 11.2. The molecule has 3 aromatic heterocycles. The smallest absolute Gasteiger partial charge is 0.251 e. The van der Waals surface area contributed by atoms with Crippen LogP contribution in [-0.4, -0.2) is 47.3 Å². The minimum absolute atomic E-state index is 0.140. The van der Waals surface area contributed by atoms with E-state index in [1.807, 2.05) is 54.8 Å². The lowest BCUT2D eigenvalue weighted by atomic mass is 10.1. The van der Waals surface area contributed by atoms with Crippen LogP contribution in [0.15, 0.2) is 48.7 Å². The molecule has 0 saturated heterocycles. The third-order valence-electron chi connectivity index (χ3n) is 4.31. The first-order valence-electron chi connectivity index (χ1n) is 9.08. The minimum atomic E-state index is -0.140. The first-order chi connectivity index (χ1) is 13.6. The number of aromatic nitrogens is 7. The second kappa shape index (κ2) is 7.55. The van der Waals surface area contributed by atoms with Gasteiger partial charge in [0.05, 0.1) is 6.04 Å². The van der Waals surface area contributed by atoms with E-state index in [0.717, 1.165) is 17.0 Å². The number of carbonyl (C=O) groups excluding carboxylic acids is 1. The van der Waals surface area contributed by atoms with Crippen molar-refractivity contribution in [1.29, 1.82) is 0 Å². The van der Waals surface area contributed by atoms with E-state index in [2.05, 4.69) is 30.9 Å². The van der Waals surface area contributed by atoms with Gasteiger partial charge in [-0.25, -0.2) is 0 Å². The number of fused-ring (bicyclic) bond motifs is 1. The number of nitrogens with zero attached hydrogens (tertiary/aromatic N) is 7. The molecule has 1 amide bonds. The Morgan fingerprint density at radius 2 is 1.89 bits per heavy atom. The molecule has 1 N–H and O–H groups in total. The first-order valence-corrected chi connectivity index (χ1v) is 9.08. The molecule has 0 bridgehead atoms. The van der Waals surface area contributed by atoms with Crippen LogP contribution in [0.25, 0.3) is 17.0 Å². The highest BCUT2D eigenvalue weighted by Crippen LogP contribution is 2.15. The summed E-state index contributed by atoms with van der Waals surface area (Å²) in [6.07, 6.45) is 2.51. The van der Waals surface area contributed by atoms with Gasteiger partial charge < -0.3 is 5.32 Å². The van der Waals surface area contributed by atoms with Crippen molar-refractivity contribution in [2.24, 2.45) is 0 Å². The van der Waals surface area contributed by atoms with Gasteiger partial charge in [-0.05, 0) is 43.3 Å². The number of hydrogen-bond donors (Lipinski definition) is 1. The third kappa shape index (κ3) is 3.59. The molecule has 0 saturated carbocycles. The predicted octanol–water partition coefficient (Wildman–Crippen LogP) is 1.94. The number of amides is 1. The van der Waals surface area contributed by atoms with Crippen LogP contribution < -0.4 is 5.32 Å². The Balaban J connectivity index is 1.37. The Morgan fingerprint density at radius 1 is 1.07 bits per heavy atom. The van der Waals surface area contributed by atoms with Crippen molar-refractivity contribution in [3.8, 4) is 11.4 Å². The van der Waals surface area contributed by atoms with Gasteiger partial charge in [0.1, 0.15) is 5.82 Å². The summed E-state index contributed by atoms with van der Waals surface area (Å²) in [5.41, 5.74) is 2.19. The summed E-state index contributed by atoms with van der Waals surface area (Å²) in [4.78, 5) is 13.9. The zero-order valence-electron chi connectivity index (χ0n) is 15.6. The molecule has 9 heteroatoms. The van der Waals surface area contributed by atoms with E-state index >= 15 is 0 Å². The average Bonchev–Trinajstić information content (AvgIpc) is 3.36. The molecule has 142 valence electrons. The molecular weight excluding hydrogens is 356 g/mol. The molecule has 0 aliphatic heterocycles. The lowest BCUT2D eigenvalue weighted by molar-refractivity contribution is 0.0954. The highest BCUT2D eigenvalue weighted by molar-refractivity contribution is 5.94. The maximum Gasteiger partial charge on any atom is 0.251 e. The van der Waals surface area contributed by atoms with Crippen molar-refractivity contribution in [3.63, 3.8) is 0 Å². The van der Waals surface area contributed by atoms with Gasteiger partial charge in [-0.3, -0.25) is 9.20 Å². The van der Waals surface area contributed by atoms with Crippen LogP contribution in [0.1, 0.15) is 36.1 Å². The number of hydrogen-bond acceptors (Lipinski definition) is 6.